The van der Waals surface area contributed by atoms with Crippen molar-refractivity contribution < 1.29 is 9.52 Å². The lowest BCUT2D eigenvalue weighted by Gasteiger charge is -2.30. The van der Waals surface area contributed by atoms with E-state index in [-0.39, 0.29) is 12.0 Å². The van der Waals surface area contributed by atoms with E-state index in [1.54, 1.807) is 12.1 Å². The van der Waals surface area contributed by atoms with Gasteiger partial charge in [-0.25, -0.2) is 4.79 Å². The van der Waals surface area contributed by atoms with Gasteiger partial charge in [0.25, 0.3) is 0 Å². The lowest BCUT2D eigenvalue weighted by atomic mass is 9.83. The van der Waals surface area contributed by atoms with Crippen LogP contribution in [0.2, 0.25) is 0 Å². The number of aromatic nitrogens is 1. The summed E-state index contributed by atoms with van der Waals surface area (Å²) in [5.41, 5.74) is 8.08. The highest BCUT2D eigenvalue weighted by Gasteiger charge is 2.25. The van der Waals surface area contributed by atoms with Gasteiger partial charge in [0.05, 0.1) is 23.5 Å². The second-order valence-corrected chi connectivity index (χ2v) is 5.17. The number of aromatic amines is 1. The van der Waals surface area contributed by atoms with Crippen LogP contribution in [0, 0.1) is 5.41 Å². The molecule has 2 rings (SSSR count). The lowest BCUT2D eigenvalue weighted by molar-refractivity contribution is 0.127. The number of rotatable bonds is 6. The van der Waals surface area contributed by atoms with E-state index in [0.717, 1.165) is 18.5 Å². The molecule has 0 aliphatic carbocycles. The zero-order valence-electron chi connectivity index (χ0n) is 11.8. The van der Waals surface area contributed by atoms with Crippen LogP contribution in [0.3, 0.4) is 0 Å². The minimum absolute atomic E-state index is 0.123. The molecule has 0 saturated carbocycles. The van der Waals surface area contributed by atoms with Crippen LogP contribution in [0.25, 0.3) is 11.1 Å². The lowest BCUT2D eigenvalue weighted by Crippen LogP contribution is -2.32. The number of aliphatic hydroxyl groups excluding tert-OH is 1. The van der Waals surface area contributed by atoms with Gasteiger partial charge in [0.2, 0.25) is 0 Å². The number of nitrogens with one attached hydrogen (secondary N) is 2. The number of benzene rings is 1. The molecule has 0 radical (unpaired) electrons. The predicted octanol–water partition coefficient (Wildman–Crippen LogP) is 1.91. The molecule has 6 heteroatoms. The highest BCUT2D eigenvalue weighted by atomic mass is 16.4. The highest BCUT2D eigenvalue weighted by molar-refractivity contribution is 5.85. The molecule has 6 nitrogen and oxygen atoms in total. The second-order valence-electron chi connectivity index (χ2n) is 5.17. The number of oxazole rings is 1. The Balaban J connectivity index is 2.25. The summed E-state index contributed by atoms with van der Waals surface area (Å²) in [6.45, 7) is 4.86. The molecule has 1 aromatic carbocycles. The van der Waals surface area contributed by atoms with Gasteiger partial charge in [0, 0.05) is 18.0 Å². The molecule has 0 bridgehead atoms. The molecule has 110 valence electrons. The third-order valence-electron chi connectivity index (χ3n) is 4.08. The summed E-state index contributed by atoms with van der Waals surface area (Å²) in [5, 5.41) is 12.8. The summed E-state index contributed by atoms with van der Waals surface area (Å²) in [6, 6.07) is 3.37. The van der Waals surface area contributed by atoms with Crippen molar-refractivity contribution in [1.82, 2.24) is 4.98 Å². The predicted molar refractivity (Wildman–Crippen MR) is 79.8 cm³/mol. The maximum atomic E-state index is 11.2. The van der Waals surface area contributed by atoms with Crippen LogP contribution in [0.4, 0.5) is 11.4 Å². The summed E-state index contributed by atoms with van der Waals surface area (Å²) in [6.07, 6.45) is 1.75. The minimum Gasteiger partial charge on any atom is -0.408 e. The maximum absolute atomic E-state index is 11.2. The summed E-state index contributed by atoms with van der Waals surface area (Å²) < 4.78 is 4.95. The molecule has 0 saturated heterocycles. The zero-order valence-corrected chi connectivity index (χ0v) is 11.8. The molecule has 0 spiro atoms. The molecule has 5 N–H and O–H groups in total. The van der Waals surface area contributed by atoms with Crippen molar-refractivity contribution in [3.63, 3.8) is 0 Å². The standard InChI is InChI=1S/C14H21N3O3/c1-3-14(4-2,8-18)7-16-10-6-11-12(5-9(10)15)20-13(19)17-11/h5-6,16,18H,3-4,7-8,15H2,1-2H3,(H,17,19). The third-order valence-corrected chi connectivity index (χ3v) is 4.08. The van der Waals surface area contributed by atoms with Crippen molar-refractivity contribution in [3.8, 4) is 0 Å². The molecule has 0 fully saturated rings. The summed E-state index contributed by atoms with van der Waals surface area (Å²) in [5.74, 6) is -0.497. The van der Waals surface area contributed by atoms with Crippen LogP contribution in [0.15, 0.2) is 21.3 Å². The van der Waals surface area contributed by atoms with Gasteiger partial charge >= 0.3 is 5.76 Å². The molecule has 2 aromatic rings. The van der Waals surface area contributed by atoms with Crippen molar-refractivity contribution in [1.29, 1.82) is 0 Å². The fraction of sp³-hybridized carbons (Fsp3) is 0.500. The number of H-pyrrole nitrogens is 1. The largest absolute Gasteiger partial charge is 0.417 e. The number of aliphatic hydroxyl groups is 1. The Morgan fingerprint density at radius 2 is 2.10 bits per heavy atom. The minimum atomic E-state index is -0.497. The summed E-state index contributed by atoms with van der Waals surface area (Å²) >= 11 is 0. The van der Waals surface area contributed by atoms with Gasteiger partial charge in [0.15, 0.2) is 5.58 Å². The van der Waals surface area contributed by atoms with E-state index in [2.05, 4.69) is 24.1 Å². The van der Waals surface area contributed by atoms with E-state index in [4.69, 9.17) is 10.2 Å². The Morgan fingerprint density at radius 1 is 1.40 bits per heavy atom. The molecular formula is C14H21N3O3. The number of hydrogen-bond donors (Lipinski definition) is 4. The van der Waals surface area contributed by atoms with E-state index >= 15 is 0 Å². The van der Waals surface area contributed by atoms with E-state index in [9.17, 15) is 9.90 Å². The Morgan fingerprint density at radius 3 is 2.70 bits per heavy atom. The summed E-state index contributed by atoms with van der Waals surface area (Å²) in [4.78, 5) is 13.7. The molecule has 1 heterocycles. The van der Waals surface area contributed by atoms with Crippen molar-refractivity contribution in [2.75, 3.05) is 24.2 Å². The molecule has 0 atom stereocenters. The van der Waals surface area contributed by atoms with E-state index in [0.29, 0.717) is 23.3 Å². The molecule has 20 heavy (non-hydrogen) atoms. The van der Waals surface area contributed by atoms with Gasteiger partial charge in [-0.15, -0.1) is 0 Å². The third kappa shape index (κ3) is 2.65. The van der Waals surface area contributed by atoms with Gasteiger partial charge < -0.3 is 20.6 Å². The molecule has 0 unspecified atom stereocenters. The number of nitrogens with two attached hydrogens (primary N) is 1. The average molecular weight is 279 g/mol. The monoisotopic (exact) mass is 279 g/mol. The number of fused-ring (bicyclic) bond motifs is 1. The van der Waals surface area contributed by atoms with Crippen LogP contribution in [0.5, 0.6) is 0 Å². The smallest absolute Gasteiger partial charge is 0.408 e. The highest BCUT2D eigenvalue weighted by Crippen LogP contribution is 2.29. The molecule has 0 aliphatic heterocycles. The Labute approximate surface area is 117 Å². The van der Waals surface area contributed by atoms with Crippen molar-refractivity contribution in [2.24, 2.45) is 5.41 Å². The zero-order chi connectivity index (χ0) is 14.8. The molecule has 0 amide bonds. The number of anilines is 2. The van der Waals surface area contributed by atoms with Crippen LogP contribution in [-0.4, -0.2) is 23.2 Å². The molecular weight excluding hydrogens is 258 g/mol. The van der Waals surface area contributed by atoms with Crippen LogP contribution in [-0.2, 0) is 0 Å². The van der Waals surface area contributed by atoms with E-state index < -0.39 is 5.76 Å². The van der Waals surface area contributed by atoms with Gasteiger partial charge in [-0.2, -0.15) is 0 Å². The quantitative estimate of drug-likeness (QED) is 0.605. The first-order valence-corrected chi connectivity index (χ1v) is 6.80. The maximum Gasteiger partial charge on any atom is 0.417 e. The topological polar surface area (TPSA) is 104 Å². The van der Waals surface area contributed by atoms with Crippen molar-refractivity contribution >= 4 is 22.5 Å². The second kappa shape index (κ2) is 5.58. The van der Waals surface area contributed by atoms with Gasteiger partial charge in [-0.05, 0) is 18.9 Å². The van der Waals surface area contributed by atoms with Gasteiger partial charge in [-0.1, -0.05) is 13.8 Å². The first-order chi connectivity index (χ1) is 9.53. The van der Waals surface area contributed by atoms with Crippen LogP contribution in [0.1, 0.15) is 26.7 Å². The first-order valence-electron chi connectivity index (χ1n) is 6.80. The Bertz CT molecular complexity index is 632. The number of hydrogen-bond acceptors (Lipinski definition) is 5. The Hall–Kier alpha value is -1.95. The van der Waals surface area contributed by atoms with Crippen LogP contribution >= 0.6 is 0 Å². The van der Waals surface area contributed by atoms with Crippen molar-refractivity contribution in [2.45, 2.75) is 26.7 Å². The fourth-order valence-corrected chi connectivity index (χ4v) is 2.23. The Kier molecular flexibility index (Phi) is 4.04. The normalized spacial score (nSPS) is 11.9. The molecule has 0 aliphatic rings. The van der Waals surface area contributed by atoms with E-state index in [1.807, 2.05) is 0 Å². The number of nitrogen functional groups attached to an aromatic ring is 1. The van der Waals surface area contributed by atoms with Crippen molar-refractivity contribution in [3.05, 3.63) is 22.7 Å². The van der Waals surface area contributed by atoms with Crippen LogP contribution < -0.4 is 16.8 Å². The SMILES string of the molecule is CCC(CC)(CO)CNc1cc2[nH]c(=O)oc2cc1N. The van der Waals surface area contributed by atoms with E-state index in [1.165, 1.54) is 0 Å². The molecule has 1 aromatic heterocycles. The summed E-state index contributed by atoms with van der Waals surface area (Å²) in [7, 11) is 0. The average Bonchev–Trinajstić information content (AvgIpc) is 2.80. The fourth-order valence-electron chi connectivity index (χ4n) is 2.23. The van der Waals surface area contributed by atoms with Gasteiger partial charge in [0.1, 0.15) is 0 Å². The first kappa shape index (κ1) is 14.5. The van der Waals surface area contributed by atoms with Gasteiger partial charge in [-0.3, -0.25) is 4.98 Å².